The Morgan fingerprint density at radius 2 is 2.09 bits per heavy atom. The number of nitrogens with one attached hydrogen (secondary N) is 1. The number of aliphatic carboxylic acids is 1. The van der Waals surface area contributed by atoms with Gasteiger partial charge in [-0.05, 0) is 11.6 Å². The summed E-state index contributed by atoms with van der Waals surface area (Å²) in [6, 6.07) is 8.25. The first-order chi connectivity index (χ1) is 10.6. The van der Waals surface area contributed by atoms with E-state index < -0.39 is 17.9 Å². The first kappa shape index (κ1) is 15.5. The van der Waals surface area contributed by atoms with Gasteiger partial charge in [0.15, 0.2) is 0 Å². The molecule has 6 nitrogen and oxygen atoms in total. The molecule has 0 aliphatic heterocycles. The molecule has 1 heterocycles. The number of imidazole rings is 1. The van der Waals surface area contributed by atoms with E-state index in [1.54, 1.807) is 6.20 Å². The van der Waals surface area contributed by atoms with Crippen molar-refractivity contribution in [3.63, 3.8) is 0 Å². The molecule has 1 atom stereocenters. The highest BCUT2D eigenvalue weighted by Crippen LogP contribution is 2.13. The van der Waals surface area contributed by atoms with Crippen LogP contribution in [0.5, 0.6) is 0 Å². The summed E-state index contributed by atoms with van der Waals surface area (Å²) in [5.74, 6) is -1.49. The van der Waals surface area contributed by atoms with E-state index in [4.69, 9.17) is 0 Å². The number of H-pyrrole nitrogens is 1. The van der Waals surface area contributed by atoms with Gasteiger partial charge in [0.2, 0.25) is 5.91 Å². The summed E-state index contributed by atoms with van der Waals surface area (Å²) >= 11 is 0. The van der Waals surface area contributed by atoms with E-state index in [-0.39, 0.29) is 13.0 Å². The first-order valence-corrected chi connectivity index (χ1v) is 6.79. The van der Waals surface area contributed by atoms with Crippen LogP contribution < -0.4 is 0 Å². The van der Waals surface area contributed by atoms with E-state index in [0.717, 1.165) is 11.6 Å². The topological polar surface area (TPSA) is 86.3 Å². The van der Waals surface area contributed by atoms with Gasteiger partial charge in [0, 0.05) is 24.9 Å². The van der Waals surface area contributed by atoms with Crippen molar-refractivity contribution in [1.82, 2.24) is 14.9 Å². The molecule has 0 aliphatic rings. The average molecular weight is 299 g/mol. The van der Waals surface area contributed by atoms with Crippen molar-refractivity contribution in [1.29, 1.82) is 0 Å². The Hall–Kier alpha value is -2.89. The number of benzene rings is 1. The van der Waals surface area contributed by atoms with Crippen molar-refractivity contribution in [2.24, 2.45) is 0 Å². The highest BCUT2D eigenvalue weighted by atomic mass is 16.4. The molecule has 1 aromatic heterocycles. The number of carbonyl (C=O) groups is 2. The number of hydrogen-bond donors (Lipinski definition) is 2. The van der Waals surface area contributed by atoms with Gasteiger partial charge in [-0.3, -0.25) is 4.79 Å². The van der Waals surface area contributed by atoms with Crippen molar-refractivity contribution in [2.45, 2.75) is 19.0 Å². The number of nitrogens with zero attached hydrogens (tertiary/aromatic N) is 2. The van der Waals surface area contributed by atoms with Crippen molar-refractivity contribution < 1.29 is 14.7 Å². The van der Waals surface area contributed by atoms with E-state index in [9.17, 15) is 14.7 Å². The molecule has 6 heteroatoms. The Balaban J connectivity index is 2.26. The van der Waals surface area contributed by atoms with Gasteiger partial charge in [-0.25, -0.2) is 9.78 Å². The Morgan fingerprint density at radius 3 is 2.64 bits per heavy atom. The molecule has 0 saturated heterocycles. The highest BCUT2D eigenvalue weighted by molar-refractivity contribution is 5.90. The Kier molecular flexibility index (Phi) is 5.08. The van der Waals surface area contributed by atoms with Crippen LogP contribution in [0.3, 0.4) is 0 Å². The van der Waals surface area contributed by atoms with Gasteiger partial charge < -0.3 is 15.0 Å². The summed E-state index contributed by atoms with van der Waals surface area (Å²) in [4.78, 5) is 31.8. The molecule has 1 amide bonds. The monoisotopic (exact) mass is 299 g/mol. The molecule has 1 aromatic carbocycles. The maximum Gasteiger partial charge on any atom is 0.326 e. The summed E-state index contributed by atoms with van der Waals surface area (Å²) in [5, 5.41) is 9.50. The van der Waals surface area contributed by atoms with Crippen LogP contribution in [-0.2, 0) is 22.6 Å². The zero-order valence-corrected chi connectivity index (χ0v) is 12.0. The van der Waals surface area contributed by atoms with Gasteiger partial charge in [-0.2, -0.15) is 0 Å². The lowest BCUT2D eigenvalue weighted by Crippen LogP contribution is -2.45. The van der Waals surface area contributed by atoms with E-state index in [0.29, 0.717) is 5.69 Å². The van der Waals surface area contributed by atoms with Crippen LogP contribution in [-0.4, -0.2) is 37.9 Å². The van der Waals surface area contributed by atoms with Crippen LogP contribution in [0.2, 0.25) is 0 Å². The zero-order chi connectivity index (χ0) is 15.9. The summed E-state index contributed by atoms with van der Waals surface area (Å²) in [5.41, 5.74) is 1.51. The quantitative estimate of drug-likeness (QED) is 0.761. The maximum absolute atomic E-state index is 12.1. The number of carbonyl (C=O) groups excluding carboxylic acids is 1. The number of aromatic nitrogens is 2. The van der Waals surface area contributed by atoms with Gasteiger partial charge in [0.1, 0.15) is 6.04 Å². The molecule has 0 radical (unpaired) electrons. The Morgan fingerprint density at radius 1 is 1.36 bits per heavy atom. The molecule has 0 unspecified atom stereocenters. The number of hydrogen-bond acceptors (Lipinski definition) is 3. The van der Waals surface area contributed by atoms with E-state index in [1.807, 2.05) is 30.3 Å². The highest BCUT2D eigenvalue weighted by Gasteiger charge is 2.29. The second kappa shape index (κ2) is 7.21. The van der Waals surface area contributed by atoms with E-state index >= 15 is 0 Å². The lowest BCUT2D eigenvalue weighted by molar-refractivity contribution is -0.149. The summed E-state index contributed by atoms with van der Waals surface area (Å²) < 4.78 is 0. The molecule has 2 aromatic rings. The normalized spacial score (nSPS) is 11.6. The molecule has 0 aliphatic carbocycles. The third-order valence-corrected chi connectivity index (χ3v) is 3.28. The molecule has 0 bridgehead atoms. The fraction of sp³-hybridized carbons (Fsp3) is 0.188. The van der Waals surface area contributed by atoms with Gasteiger partial charge in [-0.1, -0.05) is 36.9 Å². The van der Waals surface area contributed by atoms with Crippen LogP contribution in [0.15, 0.2) is 55.5 Å². The van der Waals surface area contributed by atoms with Crippen LogP contribution >= 0.6 is 0 Å². The lowest BCUT2D eigenvalue weighted by atomic mass is 10.1. The largest absolute Gasteiger partial charge is 0.480 e. The number of carboxylic acids is 1. The van der Waals surface area contributed by atoms with Crippen molar-refractivity contribution in [3.8, 4) is 0 Å². The summed E-state index contributed by atoms with van der Waals surface area (Å²) in [7, 11) is 0. The maximum atomic E-state index is 12.1. The van der Waals surface area contributed by atoms with Crippen LogP contribution in [0.4, 0.5) is 0 Å². The minimum Gasteiger partial charge on any atom is -0.480 e. The number of aromatic amines is 1. The zero-order valence-electron chi connectivity index (χ0n) is 12.0. The average Bonchev–Trinajstić information content (AvgIpc) is 3.04. The number of amides is 1. The molecular formula is C16H17N3O3. The van der Waals surface area contributed by atoms with Gasteiger partial charge in [0.05, 0.1) is 6.33 Å². The fourth-order valence-electron chi connectivity index (χ4n) is 2.17. The molecule has 2 rings (SSSR count). The fourth-order valence-corrected chi connectivity index (χ4v) is 2.17. The van der Waals surface area contributed by atoms with Crippen LogP contribution in [0.25, 0.3) is 0 Å². The van der Waals surface area contributed by atoms with Crippen molar-refractivity contribution in [3.05, 3.63) is 66.8 Å². The minimum absolute atomic E-state index is 0.155. The third-order valence-electron chi connectivity index (χ3n) is 3.28. The smallest absolute Gasteiger partial charge is 0.326 e. The standard InChI is InChI=1S/C16H17N3O3/c1-2-15(20)19(10-12-6-4-3-5-7-12)14(16(21)22)8-13-9-17-11-18-13/h2-7,9,11,14H,1,8,10H2,(H,17,18)(H,21,22)/t14-/m0/s1. The second-order valence-corrected chi connectivity index (χ2v) is 4.79. The summed E-state index contributed by atoms with van der Waals surface area (Å²) in [6.07, 6.45) is 4.31. The third kappa shape index (κ3) is 3.82. The summed E-state index contributed by atoms with van der Waals surface area (Å²) in [6.45, 7) is 3.66. The van der Waals surface area contributed by atoms with Gasteiger partial charge in [-0.15, -0.1) is 0 Å². The molecule has 2 N–H and O–H groups in total. The molecule has 0 spiro atoms. The lowest BCUT2D eigenvalue weighted by Gasteiger charge is -2.28. The molecule has 0 fully saturated rings. The molecular weight excluding hydrogens is 282 g/mol. The van der Waals surface area contributed by atoms with Gasteiger partial charge in [0.25, 0.3) is 0 Å². The van der Waals surface area contributed by atoms with Gasteiger partial charge >= 0.3 is 5.97 Å². The van der Waals surface area contributed by atoms with Crippen molar-refractivity contribution in [2.75, 3.05) is 0 Å². The predicted molar refractivity (Wildman–Crippen MR) is 80.9 cm³/mol. The predicted octanol–water partition coefficient (Wildman–Crippen LogP) is 1.62. The SMILES string of the molecule is C=CC(=O)N(Cc1ccccc1)[C@@H](Cc1cnc[nH]1)C(=O)O. The molecule has 114 valence electrons. The Labute approximate surface area is 128 Å². The molecule has 0 saturated carbocycles. The Bertz CT molecular complexity index is 638. The second-order valence-electron chi connectivity index (χ2n) is 4.79. The molecule has 22 heavy (non-hydrogen) atoms. The first-order valence-electron chi connectivity index (χ1n) is 6.79. The van der Waals surface area contributed by atoms with Crippen molar-refractivity contribution >= 4 is 11.9 Å². The number of carboxylic acid groups (broad SMARTS) is 1. The van der Waals surface area contributed by atoms with E-state index in [2.05, 4.69) is 16.5 Å². The minimum atomic E-state index is -1.07. The van der Waals surface area contributed by atoms with Crippen LogP contribution in [0, 0.1) is 0 Å². The van der Waals surface area contributed by atoms with E-state index in [1.165, 1.54) is 11.2 Å². The number of rotatable bonds is 7. The van der Waals surface area contributed by atoms with Crippen LogP contribution in [0.1, 0.15) is 11.3 Å².